The second-order valence-electron chi connectivity index (χ2n) is 3.20. The highest BCUT2D eigenvalue weighted by molar-refractivity contribution is 7.98. The molecule has 3 heteroatoms. The van der Waals surface area contributed by atoms with Gasteiger partial charge in [0.15, 0.2) is 0 Å². The molecule has 0 aliphatic carbocycles. The maximum Gasteiger partial charge on any atom is 0.107 e. The number of thioether (sulfide) groups is 1. The summed E-state index contributed by atoms with van der Waals surface area (Å²) in [5.41, 5.74) is 1.29. The Hall–Kier alpha value is -0.440. The molecule has 0 amide bonds. The summed E-state index contributed by atoms with van der Waals surface area (Å²) in [6.07, 6.45) is 8.81. The van der Waals surface area contributed by atoms with Crippen molar-refractivity contribution in [2.24, 2.45) is 0 Å². The van der Waals surface area contributed by atoms with E-state index in [2.05, 4.69) is 23.1 Å². The molecule has 1 aromatic rings. The number of H-pyrrole nitrogens is 1. The molecule has 1 rings (SSSR count). The molecule has 0 bridgehead atoms. The van der Waals surface area contributed by atoms with Crippen LogP contribution in [0.4, 0.5) is 0 Å². The van der Waals surface area contributed by atoms with Crippen LogP contribution in [0, 0.1) is 0 Å². The van der Waals surface area contributed by atoms with Crippen molar-refractivity contribution in [2.45, 2.75) is 32.6 Å². The first-order chi connectivity index (χ1) is 6.36. The van der Waals surface area contributed by atoms with E-state index < -0.39 is 0 Å². The molecule has 2 nitrogen and oxygen atoms in total. The Morgan fingerprint density at radius 1 is 1.46 bits per heavy atom. The number of aryl methyl sites for hydroxylation is 2. The van der Waals surface area contributed by atoms with E-state index in [1.54, 1.807) is 0 Å². The van der Waals surface area contributed by atoms with Crippen LogP contribution in [0.15, 0.2) is 6.20 Å². The van der Waals surface area contributed by atoms with E-state index in [1.165, 1.54) is 18.5 Å². The number of rotatable bonds is 6. The molecule has 1 aromatic heterocycles. The van der Waals surface area contributed by atoms with Gasteiger partial charge in [-0.3, -0.25) is 0 Å². The largest absolute Gasteiger partial charge is 0.346 e. The van der Waals surface area contributed by atoms with E-state index in [0.717, 1.165) is 24.4 Å². The molecule has 0 radical (unpaired) electrons. The minimum absolute atomic E-state index is 1.06. The summed E-state index contributed by atoms with van der Waals surface area (Å²) >= 11 is 1.86. The molecule has 1 heterocycles. The Bertz CT molecular complexity index is 210. The average Bonchev–Trinajstić information content (AvgIpc) is 2.59. The predicted octanol–water partition coefficient (Wildman–Crippen LogP) is 2.66. The van der Waals surface area contributed by atoms with Crippen molar-refractivity contribution >= 4 is 11.8 Å². The number of aromatic nitrogens is 2. The Kier molecular flexibility index (Phi) is 4.98. The fraction of sp³-hybridized carbons (Fsp3) is 0.700. The smallest absolute Gasteiger partial charge is 0.107 e. The zero-order chi connectivity index (χ0) is 9.52. The van der Waals surface area contributed by atoms with Gasteiger partial charge < -0.3 is 4.98 Å². The summed E-state index contributed by atoms with van der Waals surface area (Å²) in [4.78, 5) is 7.70. The maximum atomic E-state index is 4.34. The Balaban J connectivity index is 2.34. The monoisotopic (exact) mass is 198 g/mol. The van der Waals surface area contributed by atoms with Gasteiger partial charge in [0.2, 0.25) is 0 Å². The SMILES string of the molecule is CCCCc1cnc(CCSC)[nH]1. The van der Waals surface area contributed by atoms with Gasteiger partial charge in [0.1, 0.15) is 5.82 Å². The van der Waals surface area contributed by atoms with Crippen LogP contribution in [-0.4, -0.2) is 22.0 Å². The first kappa shape index (κ1) is 10.6. The molecule has 0 aliphatic rings. The number of unbranched alkanes of at least 4 members (excludes halogenated alkanes) is 1. The van der Waals surface area contributed by atoms with Crippen LogP contribution in [0.2, 0.25) is 0 Å². The topological polar surface area (TPSA) is 28.7 Å². The van der Waals surface area contributed by atoms with Crippen molar-refractivity contribution in [1.29, 1.82) is 0 Å². The lowest BCUT2D eigenvalue weighted by atomic mass is 10.2. The van der Waals surface area contributed by atoms with Crippen LogP contribution in [0.3, 0.4) is 0 Å². The third-order valence-electron chi connectivity index (χ3n) is 2.02. The first-order valence-corrected chi connectivity index (χ1v) is 6.28. The molecule has 0 fully saturated rings. The molecule has 0 saturated carbocycles. The van der Waals surface area contributed by atoms with Crippen molar-refractivity contribution in [3.8, 4) is 0 Å². The number of hydrogen-bond donors (Lipinski definition) is 1. The molecular weight excluding hydrogens is 180 g/mol. The highest BCUT2D eigenvalue weighted by Crippen LogP contribution is 2.04. The summed E-state index contributed by atoms with van der Waals surface area (Å²) in [5.74, 6) is 2.29. The zero-order valence-electron chi connectivity index (χ0n) is 8.47. The van der Waals surface area contributed by atoms with Gasteiger partial charge in [-0.1, -0.05) is 13.3 Å². The Morgan fingerprint density at radius 2 is 2.31 bits per heavy atom. The zero-order valence-corrected chi connectivity index (χ0v) is 9.28. The summed E-state index contributed by atoms with van der Waals surface area (Å²) in [6, 6.07) is 0. The average molecular weight is 198 g/mol. The molecule has 13 heavy (non-hydrogen) atoms. The van der Waals surface area contributed by atoms with Crippen LogP contribution in [0.25, 0.3) is 0 Å². The summed E-state index contributed by atoms with van der Waals surface area (Å²) in [5, 5.41) is 0. The Labute approximate surface area is 84.5 Å². The number of aromatic amines is 1. The van der Waals surface area contributed by atoms with Gasteiger partial charge in [0, 0.05) is 24.1 Å². The standard InChI is InChI=1S/C10H18N2S/c1-3-4-5-9-8-11-10(12-9)6-7-13-2/h8H,3-7H2,1-2H3,(H,11,12). The maximum absolute atomic E-state index is 4.34. The van der Waals surface area contributed by atoms with E-state index in [1.807, 2.05) is 18.0 Å². The summed E-state index contributed by atoms with van der Waals surface area (Å²) in [6.45, 7) is 2.21. The van der Waals surface area contributed by atoms with Crippen LogP contribution < -0.4 is 0 Å². The summed E-state index contributed by atoms with van der Waals surface area (Å²) < 4.78 is 0. The Morgan fingerprint density at radius 3 is 3.00 bits per heavy atom. The van der Waals surface area contributed by atoms with Gasteiger partial charge in [0.05, 0.1) is 0 Å². The lowest BCUT2D eigenvalue weighted by molar-refractivity contribution is 0.778. The van der Waals surface area contributed by atoms with Crippen molar-refractivity contribution < 1.29 is 0 Å². The van der Waals surface area contributed by atoms with E-state index >= 15 is 0 Å². The minimum Gasteiger partial charge on any atom is -0.346 e. The van der Waals surface area contributed by atoms with Crippen molar-refractivity contribution in [3.05, 3.63) is 17.7 Å². The normalized spacial score (nSPS) is 10.6. The second kappa shape index (κ2) is 6.08. The van der Waals surface area contributed by atoms with E-state index in [4.69, 9.17) is 0 Å². The molecule has 0 saturated heterocycles. The molecule has 74 valence electrons. The fourth-order valence-electron chi connectivity index (χ4n) is 1.23. The molecule has 0 unspecified atom stereocenters. The van der Waals surface area contributed by atoms with E-state index in [9.17, 15) is 0 Å². The quantitative estimate of drug-likeness (QED) is 0.761. The van der Waals surface area contributed by atoms with Gasteiger partial charge in [-0.2, -0.15) is 11.8 Å². The van der Waals surface area contributed by atoms with Crippen molar-refractivity contribution in [3.63, 3.8) is 0 Å². The third-order valence-corrected chi connectivity index (χ3v) is 2.64. The van der Waals surface area contributed by atoms with Crippen LogP contribution in [0.1, 0.15) is 31.3 Å². The van der Waals surface area contributed by atoms with Crippen LogP contribution in [0.5, 0.6) is 0 Å². The second-order valence-corrected chi connectivity index (χ2v) is 4.19. The molecule has 0 spiro atoms. The van der Waals surface area contributed by atoms with Gasteiger partial charge in [-0.05, 0) is 19.1 Å². The van der Waals surface area contributed by atoms with Crippen LogP contribution in [-0.2, 0) is 12.8 Å². The number of imidazole rings is 1. The highest BCUT2D eigenvalue weighted by Gasteiger charge is 1.99. The molecule has 0 aliphatic heterocycles. The molecule has 0 aromatic carbocycles. The molecule has 0 atom stereocenters. The number of hydrogen-bond acceptors (Lipinski definition) is 2. The van der Waals surface area contributed by atoms with Gasteiger partial charge in [-0.25, -0.2) is 4.98 Å². The predicted molar refractivity (Wildman–Crippen MR) is 59.3 cm³/mol. The highest BCUT2D eigenvalue weighted by atomic mass is 32.2. The van der Waals surface area contributed by atoms with Gasteiger partial charge in [0.25, 0.3) is 0 Å². The fourth-order valence-corrected chi connectivity index (χ4v) is 1.62. The van der Waals surface area contributed by atoms with E-state index in [0.29, 0.717) is 0 Å². The van der Waals surface area contributed by atoms with Gasteiger partial charge >= 0.3 is 0 Å². The lowest BCUT2D eigenvalue weighted by Crippen LogP contribution is -1.91. The first-order valence-electron chi connectivity index (χ1n) is 4.88. The summed E-state index contributed by atoms with van der Waals surface area (Å²) in [7, 11) is 0. The van der Waals surface area contributed by atoms with Crippen LogP contribution >= 0.6 is 11.8 Å². The van der Waals surface area contributed by atoms with Crippen molar-refractivity contribution in [2.75, 3.05) is 12.0 Å². The third kappa shape index (κ3) is 3.85. The molecular formula is C10H18N2S. The molecule has 1 N–H and O–H groups in total. The lowest BCUT2D eigenvalue weighted by Gasteiger charge is -1.94. The number of nitrogens with zero attached hydrogens (tertiary/aromatic N) is 1. The number of nitrogens with one attached hydrogen (secondary N) is 1. The van der Waals surface area contributed by atoms with Crippen molar-refractivity contribution in [1.82, 2.24) is 9.97 Å². The minimum atomic E-state index is 1.06. The van der Waals surface area contributed by atoms with Gasteiger partial charge in [-0.15, -0.1) is 0 Å². The van der Waals surface area contributed by atoms with E-state index in [-0.39, 0.29) is 0 Å².